The zero-order valence-electron chi connectivity index (χ0n) is 18.4. The predicted molar refractivity (Wildman–Crippen MR) is 126 cm³/mol. The van der Waals surface area contributed by atoms with Gasteiger partial charge in [0.05, 0.1) is 18.3 Å². The molecule has 33 heavy (non-hydrogen) atoms. The van der Waals surface area contributed by atoms with Gasteiger partial charge in [-0.2, -0.15) is 5.10 Å². The molecule has 1 fully saturated rings. The van der Waals surface area contributed by atoms with Gasteiger partial charge in [0.2, 0.25) is 5.91 Å². The monoisotopic (exact) mass is 467 g/mol. The molecule has 1 aliphatic heterocycles. The standard InChI is InChI=1S/C25H26ClN3O4/c1-2-32-25(31)23-15-22(27-29(23)19-7-6-14-28(17-19)24(30)16-26)18-10-12-21(13-11-18)33-20-8-4-3-5-9-20/h3-5,8-13,15,19H,2,6-7,14,16-17H2,1H3. The number of para-hydroxylation sites is 1. The van der Waals surface area contributed by atoms with Gasteiger partial charge in [-0.25, -0.2) is 4.79 Å². The van der Waals surface area contributed by atoms with Crippen LogP contribution < -0.4 is 4.74 Å². The quantitative estimate of drug-likeness (QED) is 0.364. The molecule has 0 radical (unpaired) electrons. The fraction of sp³-hybridized carbons (Fsp3) is 0.320. The van der Waals surface area contributed by atoms with E-state index in [9.17, 15) is 9.59 Å². The number of alkyl halides is 1. The van der Waals surface area contributed by atoms with E-state index in [1.807, 2.05) is 54.6 Å². The average molecular weight is 468 g/mol. The summed E-state index contributed by atoms with van der Waals surface area (Å²) in [5, 5.41) is 4.74. The molecule has 1 unspecified atom stereocenters. The van der Waals surface area contributed by atoms with Gasteiger partial charge < -0.3 is 14.4 Å². The van der Waals surface area contributed by atoms with Crippen molar-refractivity contribution in [3.8, 4) is 22.8 Å². The summed E-state index contributed by atoms with van der Waals surface area (Å²) in [6.45, 7) is 3.16. The van der Waals surface area contributed by atoms with Crippen molar-refractivity contribution in [3.63, 3.8) is 0 Å². The number of hydrogen-bond donors (Lipinski definition) is 0. The molecule has 0 spiro atoms. The third-order valence-corrected chi connectivity index (χ3v) is 5.79. The third kappa shape index (κ3) is 5.37. The van der Waals surface area contributed by atoms with Gasteiger partial charge in [0, 0.05) is 18.7 Å². The van der Waals surface area contributed by atoms with Crippen LogP contribution >= 0.6 is 11.6 Å². The topological polar surface area (TPSA) is 73.7 Å². The molecule has 172 valence electrons. The Bertz CT molecular complexity index is 1100. The van der Waals surface area contributed by atoms with Crippen LogP contribution in [0.5, 0.6) is 11.5 Å². The van der Waals surface area contributed by atoms with E-state index in [2.05, 4.69) is 0 Å². The Labute approximate surface area is 197 Å². The molecule has 0 aliphatic carbocycles. The lowest BCUT2D eigenvalue weighted by Gasteiger charge is -2.33. The number of nitrogens with zero attached hydrogens (tertiary/aromatic N) is 3. The third-order valence-electron chi connectivity index (χ3n) is 5.56. The minimum absolute atomic E-state index is 0.0563. The molecule has 3 aromatic rings. The number of halogens is 1. The minimum atomic E-state index is -0.430. The van der Waals surface area contributed by atoms with Gasteiger partial charge >= 0.3 is 5.97 Å². The van der Waals surface area contributed by atoms with Gasteiger partial charge in [0.25, 0.3) is 0 Å². The highest BCUT2D eigenvalue weighted by Crippen LogP contribution is 2.29. The van der Waals surface area contributed by atoms with E-state index in [4.69, 9.17) is 26.2 Å². The molecule has 4 rings (SSSR count). The van der Waals surface area contributed by atoms with Crippen LogP contribution in [0.2, 0.25) is 0 Å². The summed E-state index contributed by atoms with van der Waals surface area (Å²) in [4.78, 5) is 26.5. The van der Waals surface area contributed by atoms with E-state index in [1.54, 1.807) is 22.6 Å². The smallest absolute Gasteiger partial charge is 0.356 e. The molecule has 7 nitrogen and oxygen atoms in total. The number of likely N-dealkylation sites (tertiary alicyclic amines) is 1. The highest BCUT2D eigenvalue weighted by Gasteiger charge is 2.29. The highest BCUT2D eigenvalue weighted by molar-refractivity contribution is 6.27. The van der Waals surface area contributed by atoms with Crippen LogP contribution in [0.25, 0.3) is 11.3 Å². The molecule has 8 heteroatoms. The molecule has 2 heterocycles. The first-order chi connectivity index (χ1) is 16.1. The number of carbonyl (C=O) groups is 2. The molecule has 2 aromatic carbocycles. The Kier molecular flexibility index (Phi) is 7.29. The van der Waals surface area contributed by atoms with Crippen LogP contribution in [0.15, 0.2) is 60.7 Å². The normalized spacial score (nSPS) is 15.8. The van der Waals surface area contributed by atoms with Crippen molar-refractivity contribution in [1.82, 2.24) is 14.7 Å². The number of carbonyl (C=O) groups excluding carboxylic acids is 2. The molecule has 1 aliphatic rings. The Morgan fingerprint density at radius 1 is 1.09 bits per heavy atom. The molecule has 1 amide bonds. The van der Waals surface area contributed by atoms with Crippen molar-refractivity contribution in [2.24, 2.45) is 0 Å². The first kappa shape index (κ1) is 22.9. The van der Waals surface area contributed by atoms with Crippen molar-refractivity contribution in [2.75, 3.05) is 25.6 Å². The molecular formula is C25H26ClN3O4. The number of piperidine rings is 1. The molecular weight excluding hydrogens is 442 g/mol. The zero-order chi connectivity index (χ0) is 23.2. The fourth-order valence-electron chi connectivity index (χ4n) is 3.96. The van der Waals surface area contributed by atoms with Gasteiger partial charge in [0.15, 0.2) is 0 Å². The highest BCUT2D eigenvalue weighted by atomic mass is 35.5. The van der Waals surface area contributed by atoms with Crippen molar-refractivity contribution >= 4 is 23.5 Å². The number of rotatable bonds is 7. The lowest BCUT2D eigenvalue weighted by Crippen LogP contribution is -2.42. The lowest BCUT2D eigenvalue weighted by molar-refractivity contribution is -0.130. The lowest BCUT2D eigenvalue weighted by atomic mass is 10.1. The largest absolute Gasteiger partial charge is 0.461 e. The van der Waals surface area contributed by atoms with Crippen molar-refractivity contribution < 1.29 is 19.1 Å². The van der Waals surface area contributed by atoms with E-state index in [-0.39, 0.29) is 24.4 Å². The van der Waals surface area contributed by atoms with Crippen LogP contribution in [0.1, 0.15) is 36.3 Å². The second-order valence-electron chi connectivity index (χ2n) is 7.79. The molecule has 0 bridgehead atoms. The number of esters is 1. The summed E-state index contributed by atoms with van der Waals surface area (Å²) in [7, 11) is 0. The van der Waals surface area contributed by atoms with E-state index in [0.29, 0.717) is 30.2 Å². The van der Waals surface area contributed by atoms with Crippen molar-refractivity contribution in [3.05, 3.63) is 66.4 Å². The Hall–Kier alpha value is -3.32. The first-order valence-electron chi connectivity index (χ1n) is 11.0. The fourth-order valence-corrected chi connectivity index (χ4v) is 4.12. The van der Waals surface area contributed by atoms with Gasteiger partial charge in [-0.05, 0) is 62.2 Å². The number of hydrogen-bond acceptors (Lipinski definition) is 5. The van der Waals surface area contributed by atoms with Gasteiger partial charge in [-0.3, -0.25) is 9.48 Å². The molecule has 1 aromatic heterocycles. The van der Waals surface area contributed by atoms with E-state index < -0.39 is 5.97 Å². The summed E-state index contributed by atoms with van der Waals surface area (Å²) in [5.41, 5.74) is 1.89. The maximum Gasteiger partial charge on any atom is 0.356 e. The summed E-state index contributed by atoms with van der Waals surface area (Å²) >= 11 is 5.75. The summed E-state index contributed by atoms with van der Waals surface area (Å²) in [5.74, 6) is 0.866. The van der Waals surface area contributed by atoms with Crippen LogP contribution in [0.3, 0.4) is 0 Å². The van der Waals surface area contributed by atoms with Gasteiger partial charge in [-0.15, -0.1) is 11.6 Å². The van der Waals surface area contributed by atoms with Gasteiger partial charge in [-0.1, -0.05) is 18.2 Å². The predicted octanol–water partition coefficient (Wildman–Crippen LogP) is 4.92. The van der Waals surface area contributed by atoms with Crippen LogP contribution in [0, 0.1) is 0 Å². The maximum absolute atomic E-state index is 12.7. The van der Waals surface area contributed by atoms with Crippen LogP contribution in [-0.4, -0.2) is 52.1 Å². The van der Waals surface area contributed by atoms with E-state index in [0.717, 1.165) is 24.2 Å². The summed E-state index contributed by atoms with van der Waals surface area (Å²) in [6.07, 6.45) is 1.62. The number of benzene rings is 2. The molecule has 1 atom stereocenters. The van der Waals surface area contributed by atoms with Crippen LogP contribution in [0.4, 0.5) is 0 Å². The van der Waals surface area contributed by atoms with Crippen molar-refractivity contribution in [2.45, 2.75) is 25.8 Å². The zero-order valence-corrected chi connectivity index (χ0v) is 19.2. The molecule has 0 saturated carbocycles. The van der Waals surface area contributed by atoms with E-state index in [1.165, 1.54) is 0 Å². The summed E-state index contributed by atoms with van der Waals surface area (Å²) in [6, 6.07) is 18.7. The average Bonchev–Trinajstić information content (AvgIpc) is 3.31. The SMILES string of the molecule is CCOC(=O)c1cc(-c2ccc(Oc3ccccc3)cc2)nn1C1CCCN(C(=O)CCl)C1. The van der Waals surface area contributed by atoms with Crippen LogP contribution in [-0.2, 0) is 9.53 Å². The van der Waals surface area contributed by atoms with E-state index >= 15 is 0 Å². The maximum atomic E-state index is 12.7. The number of amides is 1. The summed E-state index contributed by atoms with van der Waals surface area (Å²) < 4.78 is 12.8. The Morgan fingerprint density at radius 2 is 1.82 bits per heavy atom. The second-order valence-corrected chi connectivity index (χ2v) is 8.06. The van der Waals surface area contributed by atoms with Crippen molar-refractivity contribution in [1.29, 1.82) is 0 Å². The number of aromatic nitrogens is 2. The van der Waals surface area contributed by atoms with Gasteiger partial charge in [0.1, 0.15) is 23.1 Å². The minimum Gasteiger partial charge on any atom is -0.461 e. The second kappa shape index (κ2) is 10.5. The number of ether oxygens (including phenoxy) is 2. The Morgan fingerprint density at radius 3 is 2.52 bits per heavy atom. The Balaban J connectivity index is 1.60. The molecule has 0 N–H and O–H groups in total. The molecule has 1 saturated heterocycles. The first-order valence-corrected chi connectivity index (χ1v) is 11.6.